The summed E-state index contributed by atoms with van der Waals surface area (Å²) in [6.07, 6.45) is 1.58. The summed E-state index contributed by atoms with van der Waals surface area (Å²) in [5.74, 6) is -0.340. The Morgan fingerprint density at radius 3 is 2.76 bits per heavy atom. The molecule has 1 aromatic carbocycles. The van der Waals surface area contributed by atoms with Crippen LogP contribution in [-0.4, -0.2) is 22.1 Å². The van der Waals surface area contributed by atoms with E-state index in [0.29, 0.717) is 5.69 Å². The molecule has 0 aliphatic rings. The van der Waals surface area contributed by atoms with Gasteiger partial charge in [0.1, 0.15) is 0 Å². The van der Waals surface area contributed by atoms with Gasteiger partial charge in [-0.25, -0.2) is 5.43 Å². The number of H-pyrrole nitrogens is 2. The maximum Gasteiger partial charge on any atom is 0.251 e. The van der Waals surface area contributed by atoms with Gasteiger partial charge in [0.25, 0.3) is 5.56 Å². The number of benzene rings is 1. The van der Waals surface area contributed by atoms with Crippen molar-refractivity contribution >= 4 is 35.7 Å². The molecule has 3 aromatic rings. The van der Waals surface area contributed by atoms with Crippen LogP contribution in [0.15, 0.2) is 58.4 Å². The summed E-state index contributed by atoms with van der Waals surface area (Å²) in [6, 6.07) is 15.3. The van der Waals surface area contributed by atoms with Crippen molar-refractivity contribution in [2.75, 3.05) is 0 Å². The second kappa shape index (κ2) is 7.82. The second-order valence-corrected chi connectivity index (χ2v) is 6.67. The first kappa shape index (κ1) is 17.0. The summed E-state index contributed by atoms with van der Waals surface area (Å²) in [4.78, 5) is 30.4. The van der Waals surface area contributed by atoms with Crippen molar-refractivity contribution in [3.8, 4) is 10.4 Å². The van der Waals surface area contributed by atoms with Crippen LogP contribution in [0.2, 0.25) is 0 Å². The van der Waals surface area contributed by atoms with Gasteiger partial charge in [-0.15, -0.1) is 11.3 Å². The lowest BCUT2D eigenvalue weighted by Crippen LogP contribution is -2.21. The lowest BCUT2D eigenvalue weighted by molar-refractivity contribution is -0.120. The molecule has 2 heterocycles. The van der Waals surface area contributed by atoms with Crippen molar-refractivity contribution in [3.05, 3.63) is 74.2 Å². The Hall–Kier alpha value is -2.84. The molecule has 8 heteroatoms. The van der Waals surface area contributed by atoms with Gasteiger partial charge in [0.05, 0.1) is 12.6 Å². The highest BCUT2D eigenvalue weighted by Crippen LogP contribution is 2.26. The molecule has 1 amide bonds. The van der Waals surface area contributed by atoms with Crippen molar-refractivity contribution < 1.29 is 4.79 Å². The smallest absolute Gasteiger partial charge is 0.251 e. The van der Waals surface area contributed by atoms with Crippen molar-refractivity contribution in [2.45, 2.75) is 6.42 Å². The summed E-state index contributed by atoms with van der Waals surface area (Å²) in [5, 5.41) is 3.95. The highest BCUT2D eigenvalue weighted by Gasteiger charge is 2.04. The predicted octanol–water partition coefficient (Wildman–Crippen LogP) is 2.85. The van der Waals surface area contributed by atoms with Gasteiger partial charge in [-0.2, -0.15) is 5.10 Å². The molecule has 3 rings (SSSR count). The summed E-state index contributed by atoms with van der Waals surface area (Å²) < 4.78 is 0.186. The lowest BCUT2D eigenvalue weighted by Gasteiger charge is -1.99. The first-order chi connectivity index (χ1) is 12.1. The molecular formula is C17H14N4O2S2. The van der Waals surface area contributed by atoms with Crippen molar-refractivity contribution in [1.29, 1.82) is 0 Å². The monoisotopic (exact) mass is 370 g/mol. The van der Waals surface area contributed by atoms with Gasteiger partial charge in [-0.3, -0.25) is 14.6 Å². The number of rotatable bonds is 5. The number of hydrazone groups is 1. The van der Waals surface area contributed by atoms with Gasteiger partial charge in [0.15, 0.2) is 4.77 Å². The van der Waals surface area contributed by atoms with E-state index < -0.39 is 0 Å². The van der Waals surface area contributed by atoms with Gasteiger partial charge >= 0.3 is 0 Å². The van der Waals surface area contributed by atoms with E-state index >= 15 is 0 Å². The molecule has 0 saturated heterocycles. The first-order valence-electron chi connectivity index (χ1n) is 7.40. The number of aromatic amines is 2. The molecule has 6 nitrogen and oxygen atoms in total. The highest BCUT2D eigenvalue weighted by molar-refractivity contribution is 7.71. The topological polar surface area (TPSA) is 90.1 Å². The minimum absolute atomic E-state index is 0.00932. The van der Waals surface area contributed by atoms with Gasteiger partial charge in [0, 0.05) is 21.5 Å². The fourth-order valence-corrected chi connectivity index (χ4v) is 3.29. The average Bonchev–Trinajstić information content (AvgIpc) is 3.03. The maximum absolute atomic E-state index is 11.9. The number of amides is 1. The van der Waals surface area contributed by atoms with E-state index in [1.807, 2.05) is 42.5 Å². The molecule has 0 atom stereocenters. The van der Waals surface area contributed by atoms with E-state index in [2.05, 4.69) is 20.5 Å². The van der Waals surface area contributed by atoms with Crippen LogP contribution in [0.3, 0.4) is 0 Å². The molecule has 2 aromatic heterocycles. The lowest BCUT2D eigenvalue weighted by atomic mass is 10.2. The summed E-state index contributed by atoms with van der Waals surface area (Å²) >= 11 is 6.44. The van der Waals surface area contributed by atoms with Crippen LogP contribution in [0.1, 0.15) is 10.6 Å². The van der Waals surface area contributed by atoms with E-state index in [1.165, 1.54) is 6.07 Å². The Morgan fingerprint density at radius 2 is 2.00 bits per heavy atom. The summed E-state index contributed by atoms with van der Waals surface area (Å²) in [6.45, 7) is 0. The zero-order valence-electron chi connectivity index (χ0n) is 13.0. The molecule has 0 aliphatic carbocycles. The van der Waals surface area contributed by atoms with Crippen molar-refractivity contribution in [1.82, 2.24) is 15.4 Å². The number of nitrogens with one attached hydrogen (secondary N) is 3. The van der Waals surface area contributed by atoms with Gasteiger partial charge < -0.3 is 4.98 Å². The standard InChI is InChI=1S/C17H14N4O2S2/c22-15-8-12(19-17(24)20-15)9-16(23)21-18-10-13-6-7-14(25-13)11-4-2-1-3-5-11/h1-8,10H,9H2,(H,21,23)(H2,19,20,22,24)/b18-10-. The van der Waals surface area contributed by atoms with Gasteiger partial charge in [-0.1, -0.05) is 30.3 Å². The molecule has 0 saturated carbocycles. The molecule has 0 unspecified atom stereocenters. The normalized spacial score (nSPS) is 10.9. The van der Waals surface area contributed by atoms with Crippen LogP contribution in [0, 0.1) is 4.77 Å². The number of hydrogen-bond donors (Lipinski definition) is 3. The molecule has 126 valence electrons. The van der Waals surface area contributed by atoms with Crippen LogP contribution in [-0.2, 0) is 11.2 Å². The van der Waals surface area contributed by atoms with Gasteiger partial charge in [-0.05, 0) is 29.9 Å². The first-order valence-corrected chi connectivity index (χ1v) is 8.62. The number of carbonyl (C=O) groups excluding carboxylic acids is 1. The van der Waals surface area contributed by atoms with Crippen LogP contribution in [0.5, 0.6) is 0 Å². The van der Waals surface area contributed by atoms with E-state index in [1.54, 1.807) is 17.6 Å². The van der Waals surface area contributed by atoms with Crippen LogP contribution in [0.4, 0.5) is 0 Å². The Kier molecular flexibility index (Phi) is 5.32. The van der Waals surface area contributed by atoms with Crippen LogP contribution >= 0.6 is 23.6 Å². The zero-order chi connectivity index (χ0) is 17.6. The largest absolute Gasteiger partial charge is 0.335 e. The third-order valence-electron chi connectivity index (χ3n) is 3.23. The number of aromatic nitrogens is 2. The Labute approximate surface area is 152 Å². The van der Waals surface area contributed by atoms with E-state index in [4.69, 9.17) is 12.2 Å². The molecular weight excluding hydrogens is 356 g/mol. The minimum Gasteiger partial charge on any atom is -0.335 e. The predicted molar refractivity (Wildman–Crippen MR) is 101 cm³/mol. The van der Waals surface area contributed by atoms with E-state index in [0.717, 1.165) is 15.3 Å². The SMILES string of the molecule is O=C(Cc1cc(=O)[nH]c(=S)[nH]1)N/N=C\c1ccc(-c2ccccc2)s1. The maximum atomic E-state index is 11.9. The summed E-state index contributed by atoms with van der Waals surface area (Å²) in [7, 11) is 0. The Morgan fingerprint density at radius 1 is 1.20 bits per heavy atom. The third kappa shape index (κ3) is 4.82. The molecule has 0 radical (unpaired) electrons. The number of nitrogens with zero attached hydrogens (tertiary/aromatic N) is 1. The fraction of sp³-hybridized carbons (Fsp3) is 0.0588. The van der Waals surface area contributed by atoms with E-state index in [-0.39, 0.29) is 22.7 Å². The third-order valence-corrected chi connectivity index (χ3v) is 4.51. The second-order valence-electron chi connectivity index (χ2n) is 5.15. The molecule has 0 fully saturated rings. The zero-order valence-corrected chi connectivity index (χ0v) is 14.6. The molecule has 25 heavy (non-hydrogen) atoms. The molecule has 0 bridgehead atoms. The Bertz CT molecular complexity index is 990. The van der Waals surface area contributed by atoms with Crippen molar-refractivity contribution in [3.63, 3.8) is 0 Å². The minimum atomic E-state index is -0.345. The number of hydrogen-bond acceptors (Lipinski definition) is 5. The average molecular weight is 370 g/mol. The van der Waals surface area contributed by atoms with Crippen molar-refractivity contribution in [2.24, 2.45) is 5.10 Å². The van der Waals surface area contributed by atoms with E-state index in [9.17, 15) is 9.59 Å². The number of carbonyl (C=O) groups is 1. The quantitative estimate of drug-likeness (QED) is 0.366. The number of thiophene rings is 1. The molecule has 0 spiro atoms. The highest BCUT2D eigenvalue weighted by atomic mass is 32.1. The molecule has 0 aliphatic heterocycles. The van der Waals surface area contributed by atoms with Crippen LogP contribution in [0.25, 0.3) is 10.4 Å². The van der Waals surface area contributed by atoms with Gasteiger partial charge in [0.2, 0.25) is 5.91 Å². The Balaban J connectivity index is 1.59. The fourth-order valence-electron chi connectivity index (χ4n) is 2.17. The summed E-state index contributed by atoms with van der Waals surface area (Å²) in [5.41, 5.74) is 3.67. The molecule has 3 N–H and O–H groups in total. The van der Waals surface area contributed by atoms with Crippen LogP contribution < -0.4 is 11.0 Å².